The van der Waals surface area contributed by atoms with Crippen LogP contribution in [0.2, 0.25) is 0 Å². The maximum atomic E-state index is 9.87. The van der Waals surface area contributed by atoms with Gasteiger partial charge in [0.2, 0.25) is 0 Å². The number of fused-ring (bicyclic) bond motifs is 1. The number of hydrogen-bond donors (Lipinski definition) is 3. The summed E-state index contributed by atoms with van der Waals surface area (Å²) < 4.78 is 0. The van der Waals surface area contributed by atoms with Gasteiger partial charge in [0, 0.05) is 34.8 Å². The van der Waals surface area contributed by atoms with Crippen molar-refractivity contribution < 1.29 is 5.11 Å². The topological polar surface area (TPSA) is 99.6 Å². The van der Waals surface area contributed by atoms with Crippen LogP contribution in [0.4, 0.5) is 5.82 Å². The third kappa shape index (κ3) is 2.99. The van der Waals surface area contributed by atoms with Crippen LogP contribution in [0, 0.1) is 0 Å². The first-order chi connectivity index (χ1) is 13.7. The number of pyridine rings is 1. The highest BCUT2D eigenvalue weighted by atomic mass is 16.3. The van der Waals surface area contributed by atoms with E-state index in [1.54, 1.807) is 12.4 Å². The summed E-state index contributed by atoms with van der Waals surface area (Å²) in [5, 5.41) is 30.0. The van der Waals surface area contributed by atoms with Crippen molar-refractivity contribution in [2.24, 2.45) is 0 Å². The number of hydrogen-bond acceptors (Lipinski definition) is 6. The molecule has 7 nitrogen and oxygen atoms in total. The summed E-state index contributed by atoms with van der Waals surface area (Å²) in [5.41, 5.74) is 3.61. The van der Waals surface area contributed by atoms with Crippen molar-refractivity contribution in [1.29, 1.82) is 0 Å². The van der Waals surface area contributed by atoms with Crippen LogP contribution in [-0.2, 0) is 5.41 Å². The molecule has 0 unspecified atom stereocenters. The molecule has 0 bridgehead atoms. The van der Waals surface area contributed by atoms with Crippen LogP contribution in [0.3, 0.4) is 0 Å². The van der Waals surface area contributed by atoms with Gasteiger partial charge in [-0.2, -0.15) is 5.10 Å². The maximum absolute atomic E-state index is 9.87. The van der Waals surface area contributed by atoms with Crippen LogP contribution in [0.15, 0.2) is 60.9 Å². The summed E-state index contributed by atoms with van der Waals surface area (Å²) in [7, 11) is 0. The van der Waals surface area contributed by atoms with Crippen LogP contribution in [0.25, 0.3) is 22.2 Å². The van der Waals surface area contributed by atoms with Gasteiger partial charge in [-0.15, -0.1) is 10.2 Å². The van der Waals surface area contributed by atoms with E-state index < -0.39 is 0 Å². The molecular formula is C21H20N6O. The van der Waals surface area contributed by atoms with Gasteiger partial charge in [-0.25, -0.2) is 0 Å². The quantitative estimate of drug-likeness (QED) is 0.498. The molecule has 1 aliphatic rings. The molecule has 3 N–H and O–H groups in total. The molecule has 0 radical (unpaired) electrons. The lowest BCUT2D eigenvalue weighted by atomic mass is 9.64. The second kappa shape index (κ2) is 6.69. The highest BCUT2D eigenvalue weighted by molar-refractivity contribution is 5.83. The number of benzene rings is 1. The van der Waals surface area contributed by atoms with Crippen LogP contribution in [0.1, 0.15) is 18.5 Å². The van der Waals surface area contributed by atoms with Crippen molar-refractivity contribution in [3.05, 3.63) is 66.6 Å². The van der Waals surface area contributed by atoms with Crippen LogP contribution < -0.4 is 5.32 Å². The van der Waals surface area contributed by atoms with Gasteiger partial charge in [0.1, 0.15) is 5.82 Å². The average molecular weight is 372 g/mol. The van der Waals surface area contributed by atoms with E-state index in [0.717, 1.165) is 27.9 Å². The number of H-pyrrole nitrogens is 1. The number of aromatic amines is 1. The molecule has 0 spiro atoms. The Kier molecular flexibility index (Phi) is 4.02. The first kappa shape index (κ1) is 16.8. The largest absolute Gasteiger partial charge is 0.393 e. The summed E-state index contributed by atoms with van der Waals surface area (Å²) in [5.74, 6) is 0.711. The number of anilines is 1. The summed E-state index contributed by atoms with van der Waals surface area (Å²) in [6.45, 7) is 0.662. The summed E-state index contributed by atoms with van der Waals surface area (Å²) in [4.78, 5) is 4.50. The van der Waals surface area contributed by atoms with Crippen molar-refractivity contribution in [1.82, 2.24) is 25.4 Å². The molecule has 0 atom stereocenters. The molecule has 1 saturated carbocycles. The highest BCUT2D eigenvalue weighted by Gasteiger charge is 2.45. The van der Waals surface area contributed by atoms with Gasteiger partial charge in [0.05, 0.1) is 23.5 Å². The molecule has 5 rings (SSSR count). The SMILES string of the molecule is O[C@H]1C[C@](CNc2ccc(-c3ccc4cn[nH]c4c3)nn2)(c2ccccn2)C1. The van der Waals surface area contributed by atoms with Gasteiger partial charge in [-0.1, -0.05) is 18.2 Å². The molecule has 0 aliphatic heterocycles. The molecule has 1 aliphatic carbocycles. The monoisotopic (exact) mass is 372 g/mol. The van der Waals surface area contributed by atoms with E-state index in [4.69, 9.17) is 0 Å². The second-order valence-electron chi connectivity index (χ2n) is 7.39. The Labute approximate surface area is 161 Å². The minimum absolute atomic E-state index is 0.160. The molecular weight excluding hydrogens is 352 g/mol. The van der Waals surface area contributed by atoms with Crippen LogP contribution in [-0.4, -0.2) is 43.1 Å². The van der Waals surface area contributed by atoms with E-state index in [2.05, 4.69) is 30.7 Å². The molecule has 140 valence electrons. The Morgan fingerprint density at radius 2 is 2.04 bits per heavy atom. The van der Waals surface area contributed by atoms with Crippen molar-refractivity contribution in [2.45, 2.75) is 24.4 Å². The Bertz CT molecular complexity index is 1090. The summed E-state index contributed by atoms with van der Waals surface area (Å²) in [6.07, 6.45) is 4.73. The number of rotatable bonds is 5. The van der Waals surface area contributed by atoms with E-state index in [9.17, 15) is 5.11 Å². The van der Waals surface area contributed by atoms with E-state index in [0.29, 0.717) is 25.2 Å². The van der Waals surface area contributed by atoms with Gasteiger partial charge in [0.25, 0.3) is 0 Å². The first-order valence-electron chi connectivity index (χ1n) is 9.33. The van der Waals surface area contributed by atoms with E-state index in [1.807, 2.05) is 48.5 Å². The predicted molar refractivity (Wildman–Crippen MR) is 107 cm³/mol. The van der Waals surface area contributed by atoms with E-state index in [-0.39, 0.29) is 11.5 Å². The number of nitrogens with one attached hydrogen (secondary N) is 2. The lowest BCUT2D eigenvalue weighted by Crippen LogP contribution is -2.49. The standard InChI is InChI=1S/C21H20N6O/c28-16-10-21(11-16,19-3-1-2-8-22-19)13-23-20-7-6-17(26-27-20)14-4-5-15-12-24-25-18(15)9-14/h1-9,12,16,28H,10-11,13H2,(H,23,27)(H,24,25)/t16-,21-. The fourth-order valence-electron chi connectivity index (χ4n) is 3.90. The molecule has 0 amide bonds. The molecule has 3 aromatic heterocycles. The fourth-order valence-corrected chi connectivity index (χ4v) is 3.90. The van der Waals surface area contributed by atoms with Gasteiger partial charge < -0.3 is 10.4 Å². The maximum Gasteiger partial charge on any atom is 0.148 e. The highest BCUT2D eigenvalue weighted by Crippen LogP contribution is 2.43. The summed E-state index contributed by atoms with van der Waals surface area (Å²) >= 11 is 0. The molecule has 28 heavy (non-hydrogen) atoms. The van der Waals surface area contributed by atoms with Crippen molar-refractivity contribution >= 4 is 16.7 Å². The molecule has 1 fully saturated rings. The average Bonchev–Trinajstić information content (AvgIpc) is 3.19. The van der Waals surface area contributed by atoms with Crippen molar-refractivity contribution in [3.8, 4) is 11.3 Å². The van der Waals surface area contributed by atoms with Crippen molar-refractivity contribution in [2.75, 3.05) is 11.9 Å². The van der Waals surface area contributed by atoms with Gasteiger partial charge in [-0.3, -0.25) is 10.1 Å². The third-order valence-electron chi connectivity index (χ3n) is 5.47. The zero-order valence-corrected chi connectivity index (χ0v) is 15.2. The minimum Gasteiger partial charge on any atom is -0.393 e. The zero-order valence-electron chi connectivity index (χ0n) is 15.2. The van der Waals surface area contributed by atoms with Crippen LogP contribution in [0.5, 0.6) is 0 Å². The predicted octanol–water partition coefficient (Wildman–Crippen LogP) is 2.92. The normalized spacial score (nSPS) is 21.4. The number of aliphatic hydroxyl groups is 1. The summed E-state index contributed by atoms with van der Waals surface area (Å²) in [6, 6.07) is 15.8. The lowest BCUT2D eigenvalue weighted by molar-refractivity contribution is 0.0221. The molecule has 0 saturated heterocycles. The van der Waals surface area contributed by atoms with Gasteiger partial charge in [-0.05, 0) is 43.2 Å². The van der Waals surface area contributed by atoms with Gasteiger partial charge in [0.15, 0.2) is 0 Å². The lowest BCUT2D eigenvalue weighted by Gasteiger charge is -2.45. The Balaban J connectivity index is 1.32. The molecule has 1 aromatic carbocycles. The third-order valence-corrected chi connectivity index (χ3v) is 5.47. The van der Waals surface area contributed by atoms with E-state index >= 15 is 0 Å². The second-order valence-corrected chi connectivity index (χ2v) is 7.39. The van der Waals surface area contributed by atoms with Gasteiger partial charge >= 0.3 is 0 Å². The molecule has 7 heteroatoms. The van der Waals surface area contributed by atoms with Crippen molar-refractivity contribution in [3.63, 3.8) is 0 Å². The number of aliphatic hydroxyl groups excluding tert-OH is 1. The Hall–Kier alpha value is -3.32. The number of nitrogens with zero attached hydrogens (tertiary/aromatic N) is 4. The van der Waals surface area contributed by atoms with Crippen LogP contribution >= 0.6 is 0 Å². The fraction of sp³-hybridized carbons (Fsp3) is 0.238. The Morgan fingerprint density at radius 3 is 2.79 bits per heavy atom. The zero-order chi connectivity index (χ0) is 19.0. The number of aromatic nitrogens is 5. The minimum atomic E-state index is -0.269. The smallest absolute Gasteiger partial charge is 0.148 e. The Morgan fingerprint density at radius 1 is 1.11 bits per heavy atom. The first-order valence-corrected chi connectivity index (χ1v) is 9.33. The molecule has 3 heterocycles. The van der Waals surface area contributed by atoms with E-state index in [1.165, 1.54) is 0 Å². The molecule has 4 aromatic rings.